The van der Waals surface area contributed by atoms with E-state index >= 15 is 0 Å². The molecule has 1 amide bonds. The van der Waals surface area contributed by atoms with Crippen LogP contribution in [0, 0.1) is 0 Å². The summed E-state index contributed by atoms with van der Waals surface area (Å²) >= 11 is 3.00. The minimum atomic E-state index is -0.217. The first-order valence-electron chi connectivity index (χ1n) is 9.52. The van der Waals surface area contributed by atoms with Crippen LogP contribution in [0.25, 0.3) is 10.6 Å². The molecule has 0 radical (unpaired) electrons. The molecule has 3 aromatic heterocycles. The number of amides is 1. The van der Waals surface area contributed by atoms with Crippen molar-refractivity contribution in [3.63, 3.8) is 0 Å². The van der Waals surface area contributed by atoms with Gasteiger partial charge in [0.05, 0.1) is 17.0 Å². The molecule has 0 unspecified atom stereocenters. The summed E-state index contributed by atoms with van der Waals surface area (Å²) in [6.07, 6.45) is 4.86. The molecule has 6 nitrogen and oxygen atoms in total. The third-order valence-electron chi connectivity index (χ3n) is 4.38. The van der Waals surface area contributed by atoms with E-state index < -0.39 is 0 Å². The van der Waals surface area contributed by atoms with Crippen LogP contribution in [0.3, 0.4) is 0 Å². The van der Waals surface area contributed by atoms with Crippen LogP contribution in [-0.4, -0.2) is 25.9 Å². The highest BCUT2D eigenvalue weighted by Crippen LogP contribution is 2.28. The number of carbonyl (C=O) groups excluding carboxylic acids is 1. The fourth-order valence-electron chi connectivity index (χ4n) is 2.93. The number of carbonyl (C=O) groups is 1. The molecular formula is C21H21N5OS2. The Hall–Kier alpha value is -2.84. The Kier molecular flexibility index (Phi) is 6.12. The SMILES string of the molecule is CCCCc1nnc(NC(=O)c2cn(Cc3ccccc3)nc2-c2cccs2)s1. The van der Waals surface area contributed by atoms with E-state index in [0.717, 1.165) is 34.7 Å². The van der Waals surface area contributed by atoms with Crippen LogP contribution in [-0.2, 0) is 13.0 Å². The number of hydrogen-bond acceptors (Lipinski definition) is 6. The van der Waals surface area contributed by atoms with Crippen LogP contribution in [0.2, 0.25) is 0 Å². The van der Waals surface area contributed by atoms with Crippen molar-refractivity contribution >= 4 is 33.7 Å². The monoisotopic (exact) mass is 423 g/mol. The van der Waals surface area contributed by atoms with Gasteiger partial charge in [-0.2, -0.15) is 5.10 Å². The third kappa shape index (κ3) is 4.78. The van der Waals surface area contributed by atoms with Crippen LogP contribution in [0.1, 0.15) is 40.7 Å². The molecule has 0 aliphatic heterocycles. The van der Waals surface area contributed by atoms with Gasteiger partial charge in [0.15, 0.2) is 0 Å². The topological polar surface area (TPSA) is 72.7 Å². The zero-order valence-corrected chi connectivity index (χ0v) is 17.7. The summed E-state index contributed by atoms with van der Waals surface area (Å²) in [5, 5.41) is 19.3. The Morgan fingerprint density at radius 2 is 2.00 bits per heavy atom. The number of hydrogen-bond donors (Lipinski definition) is 1. The predicted molar refractivity (Wildman–Crippen MR) is 118 cm³/mol. The molecular weight excluding hydrogens is 402 g/mol. The maximum atomic E-state index is 13.0. The first-order valence-corrected chi connectivity index (χ1v) is 11.2. The first-order chi connectivity index (χ1) is 14.2. The number of nitrogens with one attached hydrogen (secondary N) is 1. The minimum Gasteiger partial charge on any atom is -0.296 e. The largest absolute Gasteiger partial charge is 0.296 e. The van der Waals surface area contributed by atoms with Crippen molar-refractivity contribution in [2.75, 3.05) is 5.32 Å². The number of aromatic nitrogens is 4. The van der Waals surface area contributed by atoms with Crippen molar-refractivity contribution in [2.24, 2.45) is 0 Å². The molecule has 0 aliphatic rings. The molecule has 3 heterocycles. The van der Waals surface area contributed by atoms with Crippen molar-refractivity contribution in [2.45, 2.75) is 32.7 Å². The molecule has 0 saturated carbocycles. The lowest BCUT2D eigenvalue weighted by atomic mass is 10.2. The van der Waals surface area contributed by atoms with Gasteiger partial charge in [-0.05, 0) is 23.4 Å². The van der Waals surface area contributed by atoms with E-state index in [1.165, 1.54) is 11.3 Å². The van der Waals surface area contributed by atoms with Crippen molar-refractivity contribution in [3.05, 3.63) is 70.2 Å². The highest BCUT2D eigenvalue weighted by atomic mass is 32.1. The maximum absolute atomic E-state index is 13.0. The van der Waals surface area contributed by atoms with E-state index in [2.05, 4.69) is 27.5 Å². The Morgan fingerprint density at radius 3 is 2.76 bits per heavy atom. The quantitative estimate of drug-likeness (QED) is 0.428. The maximum Gasteiger partial charge on any atom is 0.261 e. The van der Waals surface area contributed by atoms with Crippen LogP contribution < -0.4 is 5.32 Å². The summed E-state index contributed by atoms with van der Waals surface area (Å²) in [5.74, 6) is -0.217. The number of nitrogens with zero attached hydrogens (tertiary/aromatic N) is 4. The van der Waals surface area contributed by atoms with Crippen molar-refractivity contribution in [1.82, 2.24) is 20.0 Å². The normalized spacial score (nSPS) is 10.9. The number of thiophene rings is 1. The summed E-state index contributed by atoms with van der Waals surface area (Å²) in [7, 11) is 0. The fourth-order valence-corrected chi connectivity index (χ4v) is 4.43. The number of rotatable bonds is 8. The lowest BCUT2D eigenvalue weighted by Crippen LogP contribution is -2.12. The highest BCUT2D eigenvalue weighted by molar-refractivity contribution is 7.15. The van der Waals surface area contributed by atoms with E-state index in [1.54, 1.807) is 17.5 Å². The van der Waals surface area contributed by atoms with Gasteiger partial charge >= 0.3 is 0 Å². The van der Waals surface area contributed by atoms with Crippen molar-refractivity contribution in [1.29, 1.82) is 0 Å². The van der Waals surface area contributed by atoms with Gasteiger partial charge in [0.25, 0.3) is 5.91 Å². The molecule has 0 aliphatic carbocycles. The molecule has 4 rings (SSSR count). The Bertz CT molecular complexity index is 1070. The molecule has 4 aromatic rings. The molecule has 0 atom stereocenters. The van der Waals surface area contributed by atoms with Crippen LogP contribution >= 0.6 is 22.7 Å². The second kappa shape index (κ2) is 9.11. The molecule has 0 spiro atoms. The molecule has 1 N–H and O–H groups in total. The van der Waals surface area contributed by atoms with E-state index in [9.17, 15) is 4.79 Å². The minimum absolute atomic E-state index is 0.217. The fraction of sp³-hybridized carbons (Fsp3) is 0.238. The second-order valence-corrected chi connectivity index (χ2v) is 8.62. The summed E-state index contributed by atoms with van der Waals surface area (Å²) in [4.78, 5) is 14.0. The average molecular weight is 424 g/mol. The van der Waals surface area contributed by atoms with Gasteiger partial charge in [0, 0.05) is 12.6 Å². The Balaban J connectivity index is 1.57. The Labute approximate surface area is 177 Å². The number of aryl methyl sites for hydroxylation is 1. The van der Waals surface area contributed by atoms with E-state index in [0.29, 0.717) is 22.9 Å². The van der Waals surface area contributed by atoms with Gasteiger partial charge in [-0.3, -0.25) is 14.8 Å². The highest BCUT2D eigenvalue weighted by Gasteiger charge is 2.20. The van der Waals surface area contributed by atoms with Crippen LogP contribution in [0.15, 0.2) is 54.0 Å². The number of benzene rings is 1. The third-order valence-corrected chi connectivity index (χ3v) is 6.15. The lowest BCUT2D eigenvalue weighted by molar-refractivity contribution is 0.102. The molecule has 0 fully saturated rings. The molecule has 0 bridgehead atoms. The average Bonchev–Trinajstić information content (AvgIpc) is 3.48. The van der Waals surface area contributed by atoms with Crippen LogP contribution in [0.5, 0.6) is 0 Å². The zero-order valence-electron chi connectivity index (χ0n) is 16.0. The Morgan fingerprint density at radius 1 is 1.14 bits per heavy atom. The second-order valence-electron chi connectivity index (χ2n) is 6.61. The zero-order chi connectivity index (χ0) is 20.1. The molecule has 1 aromatic carbocycles. The molecule has 0 saturated heterocycles. The van der Waals surface area contributed by atoms with Crippen molar-refractivity contribution < 1.29 is 4.79 Å². The van der Waals surface area contributed by atoms with Crippen molar-refractivity contribution in [3.8, 4) is 10.6 Å². The van der Waals surface area contributed by atoms with Gasteiger partial charge in [-0.25, -0.2) is 0 Å². The molecule has 29 heavy (non-hydrogen) atoms. The van der Waals surface area contributed by atoms with Crippen LogP contribution in [0.4, 0.5) is 5.13 Å². The standard InChI is InChI=1S/C21H21N5OS2/c1-2-3-11-18-23-24-21(29-18)22-20(27)16-14-26(13-15-8-5-4-6-9-15)25-19(16)17-10-7-12-28-17/h4-10,12,14H,2-3,11,13H2,1H3,(H,22,24,27). The number of anilines is 1. The summed E-state index contributed by atoms with van der Waals surface area (Å²) in [5.41, 5.74) is 2.35. The van der Waals surface area contributed by atoms with Gasteiger partial charge in [0.1, 0.15) is 10.7 Å². The van der Waals surface area contributed by atoms with E-state index in [4.69, 9.17) is 0 Å². The lowest BCUT2D eigenvalue weighted by Gasteiger charge is -2.00. The first kappa shape index (κ1) is 19.5. The molecule has 8 heteroatoms. The van der Waals surface area contributed by atoms with Gasteiger partial charge in [-0.15, -0.1) is 21.5 Å². The molecule has 148 valence electrons. The summed E-state index contributed by atoms with van der Waals surface area (Å²) in [6, 6.07) is 14.0. The van der Waals surface area contributed by atoms with Gasteiger partial charge in [0.2, 0.25) is 5.13 Å². The summed E-state index contributed by atoms with van der Waals surface area (Å²) in [6.45, 7) is 2.75. The number of unbranched alkanes of at least 4 members (excludes halogenated alkanes) is 1. The van der Waals surface area contributed by atoms with Gasteiger partial charge < -0.3 is 0 Å². The predicted octanol–water partition coefficient (Wildman–Crippen LogP) is 5.11. The smallest absolute Gasteiger partial charge is 0.261 e. The van der Waals surface area contributed by atoms with E-state index in [1.807, 2.05) is 52.5 Å². The van der Waals surface area contributed by atoms with E-state index in [-0.39, 0.29) is 5.91 Å². The van der Waals surface area contributed by atoms with Gasteiger partial charge in [-0.1, -0.05) is 61.1 Å². The summed E-state index contributed by atoms with van der Waals surface area (Å²) < 4.78 is 1.81.